The lowest BCUT2D eigenvalue weighted by Crippen LogP contribution is -2.39. The van der Waals surface area contributed by atoms with Crippen LogP contribution in [0.5, 0.6) is 11.6 Å². The fraction of sp³-hybridized carbons (Fsp3) is 0.240. The van der Waals surface area contributed by atoms with Crippen LogP contribution in [0.2, 0.25) is 0 Å². The summed E-state index contributed by atoms with van der Waals surface area (Å²) < 4.78 is 43.9. The van der Waals surface area contributed by atoms with E-state index in [2.05, 4.69) is 21.4 Å². The molecule has 176 valence electrons. The summed E-state index contributed by atoms with van der Waals surface area (Å²) in [4.78, 5) is 22.0. The van der Waals surface area contributed by atoms with E-state index >= 15 is 0 Å². The molecule has 2 amide bonds. The number of aryl methyl sites for hydroxylation is 1. The molecule has 0 aliphatic carbocycles. The number of hydrogen-bond donors (Lipinski definition) is 1. The predicted octanol–water partition coefficient (Wildman–Crippen LogP) is 6.31. The maximum absolute atomic E-state index is 12.7. The number of rotatable bonds is 4. The summed E-state index contributed by atoms with van der Waals surface area (Å²) in [5.41, 5.74) is 2.91. The number of hydrogen-bond acceptors (Lipinski definition) is 4. The highest BCUT2D eigenvalue weighted by atomic mass is 19.4. The van der Waals surface area contributed by atoms with Crippen LogP contribution in [0.4, 0.5) is 23.7 Å². The number of benzene rings is 1. The summed E-state index contributed by atoms with van der Waals surface area (Å²) in [6.45, 7) is 3.12. The van der Waals surface area contributed by atoms with Crippen molar-refractivity contribution in [1.29, 1.82) is 0 Å². The van der Waals surface area contributed by atoms with Crippen molar-refractivity contribution in [3.05, 3.63) is 83.3 Å². The summed E-state index contributed by atoms with van der Waals surface area (Å²) in [6, 6.07) is 11.2. The van der Waals surface area contributed by atoms with Crippen molar-refractivity contribution in [3.63, 3.8) is 0 Å². The zero-order valence-electron chi connectivity index (χ0n) is 18.5. The Bertz CT molecular complexity index is 1170. The van der Waals surface area contributed by atoms with E-state index in [-0.39, 0.29) is 11.9 Å². The first kappa shape index (κ1) is 23.3. The second-order valence-electron chi connectivity index (χ2n) is 8.03. The lowest BCUT2D eigenvalue weighted by Gasteiger charge is -2.28. The molecule has 1 aliphatic rings. The first-order chi connectivity index (χ1) is 16.3. The number of carbonyl (C=O) groups excluding carboxylic acids is 1. The largest absolute Gasteiger partial charge is 0.439 e. The van der Waals surface area contributed by atoms with Gasteiger partial charge in [-0.2, -0.15) is 13.2 Å². The third-order valence-corrected chi connectivity index (χ3v) is 5.34. The average molecular weight is 468 g/mol. The molecule has 34 heavy (non-hydrogen) atoms. The maximum atomic E-state index is 12.7. The number of amides is 2. The number of nitrogens with one attached hydrogen (secondary N) is 1. The maximum Gasteiger partial charge on any atom is 0.417 e. The molecule has 1 N–H and O–H groups in total. The van der Waals surface area contributed by atoms with Crippen LogP contribution in [0.3, 0.4) is 0 Å². The van der Waals surface area contributed by atoms with Gasteiger partial charge in [0.05, 0.1) is 17.4 Å². The Kier molecular flexibility index (Phi) is 6.81. The Morgan fingerprint density at radius 2 is 1.91 bits per heavy atom. The summed E-state index contributed by atoms with van der Waals surface area (Å²) in [5.74, 6) is 0.581. The number of ether oxygens (including phenoxy) is 1. The summed E-state index contributed by atoms with van der Waals surface area (Å²) in [5, 5.41) is 2.85. The number of piperidine rings is 1. The molecular formula is C25H23F3N4O2. The van der Waals surface area contributed by atoms with E-state index in [1.165, 1.54) is 11.6 Å². The van der Waals surface area contributed by atoms with Gasteiger partial charge in [0.25, 0.3) is 0 Å². The van der Waals surface area contributed by atoms with Gasteiger partial charge in [-0.3, -0.25) is 4.98 Å². The van der Waals surface area contributed by atoms with Crippen LogP contribution in [0.25, 0.3) is 6.08 Å². The Hall–Kier alpha value is -3.88. The molecule has 1 saturated heterocycles. The standard InChI is InChI=1S/C25H23F3N4O2/c1-17-11-19(14-22(12-17)34-23-5-4-20(15-30-23)25(26,27)28)13-18-6-9-32(10-7-18)24(33)31-21-3-2-8-29-16-21/h2-5,8,11-16H,6-7,9-10H2,1H3,(H,31,33). The van der Waals surface area contributed by atoms with E-state index in [0.717, 1.165) is 36.2 Å². The van der Waals surface area contributed by atoms with Crippen LogP contribution in [0.1, 0.15) is 29.5 Å². The predicted molar refractivity (Wildman–Crippen MR) is 123 cm³/mol. The molecule has 0 unspecified atom stereocenters. The Labute approximate surface area is 195 Å². The van der Waals surface area contributed by atoms with E-state index < -0.39 is 11.7 Å². The number of likely N-dealkylation sites (tertiary alicyclic amines) is 1. The number of halogens is 3. The van der Waals surface area contributed by atoms with Gasteiger partial charge in [-0.25, -0.2) is 9.78 Å². The van der Waals surface area contributed by atoms with Gasteiger partial charge >= 0.3 is 12.2 Å². The van der Waals surface area contributed by atoms with Crippen molar-refractivity contribution in [2.24, 2.45) is 0 Å². The smallest absolute Gasteiger partial charge is 0.417 e. The molecule has 9 heteroatoms. The van der Waals surface area contributed by atoms with Crippen molar-refractivity contribution in [2.75, 3.05) is 18.4 Å². The minimum absolute atomic E-state index is 0.0881. The van der Waals surface area contributed by atoms with Crippen LogP contribution in [0.15, 0.2) is 66.6 Å². The van der Waals surface area contributed by atoms with Crippen LogP contribution >= 0.6 is 0 Å². The Morgan fingerprint density at radius 1 is 1.12 bits per heavy atom. The normalized spacial score (nSPS) is 14.0. The highest BCUT2D eigenvalue weighted by Crippen LogP contribution is 2.31. The summed E-state index contributed by atoms with van der Waals surface area (Å²) in [7, 11) is 0. The minimum atomic E-state index is -4.44. The van der Waals surface area contributed by atoms with Gasteiger partial charge in [-0.15, -0.1) is 0 Å². The molecule has 4 rings (SSSR count). The molecule has 0 bridgehead atoms. The Morgan fingerprint density at radius 3 is 2.56 bits per heavy atom. The number of pyridine rings is 2. The van der Waals surface area contributed by atoms with Crippen molar-refractivity contribution >= 4 is 17.8 Å². The third kappa shape index (κ3) is 6.12. The molecule has 1 aromatic carbocycles. The number of urea groups is 1. The SMILES string of the molecule is Cc1cc(C=C2CCN(C(=O)Nc3cccnc3)CC2)cc(Oc2ccc(C(F)(F)F)cn2)c1. The van der Waals surface area contributed by atoms with Gasteiger partial charge < -0.3 is 15.0 Å². The van der Waals surface area contributed by atoms with Gasteiger partial charge in [-0.05, 0) is 61.2 Å². The van der Waals surface area contributed by atoms with Gasteiger partial charge in [0.2, 0.25) is 5.88 Å². The molecule has 1 aliphatic heterocycles. The molecule has 0 radical (unpaired) electrons. The van der Waals surface area contributed by atoms with Gasteiger partial charge in [0.1, 0.15) is 5.75 Å². The fourth-order valence-corrected chi connectivity index (χ4v) is 3.66. The van der Waals surface area contributed by atoms with Crippen LogP contribution < -0.4 is 10.1 Å². The zero-order valence-corrected chi connectivity index (χ0v) is 18.5. The van der Waals surface area contributed by atoms with Crippen LogP contribution in [0, 0.1) is 6.92 Å². The quantitative estimate of drug-likeness (QED) is 0.487. The van der Waals surface area contributed by atoms with E-state index in [4.69, 9.17) is 4.74 Å². The summed E-state index contributed by atoms with van der Waals surface area (Å²) in [6.07, 6.45) is 3.11. The second-order valence-corrected chi connectivity index (χ2v) is 8.03. The Balaban J connectivity index is 1.38. The number of carbonyl (C=O) groups is 1. The number of alkyl halides is 3. The van der Waals surface area contributed by atoms with Gasteiger partial charge in [-0.1, -0.05) is 17.7 Å². The van der Waals surface area contributed by atoms with E-state index in [1.54, 1.807) is 35.5 Å². The molecule has 0 atom stereocenters. The van der Waals surface area contributed by atoms with Crippen LogP contribution in [-0.2, 0) is 6.18 Å². The van der Waals surface area contributed by atoms with Crippen molar-refractivity contribution in [1.82, 2.24) is 14.9 Å². The highest BCUT2D eigenvalue weighted by Gasteiger charge is 2.30. The third-order valence-electron chi connectivity index (χ3n) is 5.34. The zero-order chi connectivity index (χ0) is 24.1. The monoisotopic (exact) mass is 468 g/mol. The lowest BCUT2D eigenvalue weighted by atomic mass is 10.00. The molecule has 3 heterocycles. The minimum Gasteiger partial charge on any atom is -0.439 e. The highest BCUT2D eigenvalue weighted by molar-refractivity contribution is 5.89. The number of anilines is 1. The molecule has 0 saturated carbocycles. The lowest BCUT2D eigenvalue weighted by molar-refractivity contribution is -0.137. The van der Waals surface area contributed by atoms with Crippen molar-refractivity contribution < 1.29 is 22.7 Å². The number of aromatic nitrogens is 2. The molecule has 3 aromatic rings. The van der Waals surface area contributed by atoms with Gasteiger partial charge in [0.15, 0.2) is 0 Å². The van der Waals surface area contributed by atoms with E-state index in [1.807, 2.05) is 19.1 Å². The van der Waals surface area contributed by atoms with E-state index in [9.17, 15) is 18.0 Å². The van der Waals surface area contributed by atoms with E-state index in [0.29, 0.717) is 24.5 Å². The van der Waals surface area contributed by atoms with Gasteiger partial charge in [0, 0.05) is 31.5 Å². The number of nitrogens with zero attached hydrogens (tertiary/aromatic N) is 3. The van der Waals surface area contributed by atoms with Crippen molar-refractivity contribution in [3.8, 4) is 11.6 Å². The molecule has 1 fully saturated rings. The fourth-order valence-electron chi connectivity index (χ4n) is 3.66. The van der Waals surface area contributed by atoms with Crippen LogP contribution in [-0.4, -0.2) is 34.0 Å². The molecule has 0 spiro atoms. The first-order valence-electron chi connectivity index (χ1n) is 10.7. The second kappa shape index (κ2) is 9.94. The summed E-state index contributed by atoms with van der Waals surface area (Å²) >= 11 is 0. The molecular weight excluding hydrogens is 445 g/mol. The molecule has 6 nitrogen and oxygen atoms in total. The molecule has 2 aromatic heterocycles. The average Bonchev–Trinajstić information content (AvgIpc) is 2.79. The first-order valence-corrected chi connectivity index (χ1v) is 10.7. The topological polar surface area (TPSA) is 67.4 Å². The van der Waals surface area contributed by atoms with Crippen molar-refractivity contribution in [2.45, 2.75) is 25.9 Å².